The zero-order valence-electron chi connectivity index (χ0n) is 22.9. The molecule has 0 radical (unpaired) electrons. The highest BCUT2D eigenvalue weighted by molar-refractivity contribution is 5.99. The number of nitrogens with zero attached hydrogens (tertiary/aromatic N) is 4. The first-order chi connectivity index (χ1) is 19.0. The Morgan fingerprint density at radius 3 is 2.28 bits per heavy atom. The molecule has 9 nitrogen and oxygen atoms in total. The maximum absolute atomic E-state index is 12.8. The van der Waals surface area contributed by atoms with Crippen molar-refractivity contribution in [3.05, 3.63) is 66.4 Å². The number of hydrogen-bond acceptors (Lipinski definition) is 8. The average molecular weight is 530 g/mol. The molecular weight excluding hydrogens is 490 g/mol. The van der Waals surface area contributed by atoms with Crippen LogP contribution in [0.5, 0.6) is 0 Å². The molecule has 3 N–H and O–H groups in total. The molecule has 1 amide bonds. The summed E-state index contributed by atoms with van der Waals surface area (Å²) >= 11 is 0. The molecule has 3 aromatic rings. The Hall–Kier alpha value is -3.69. The molecule has 2 fully saturated rings. The minimum Gasteiger partial charge on any atom is -0.383 e. The van der Waals surface area contributed by atoms with Crippen LogP contribution in [0.2, 0.25) is 0 Å². The lowest BCUT2D eigenvalue weighted by Gasteiger charge is -2.46. The Morgan fingerprint density at radius 2 is 1.59 bits per heavy atom. The van der Waals surface area contributed by atoms with Gasteiger partial charge in [-0.2, -0.15) is 4.98 Å². The molecule has 2 aromatic carbocycles. The highest BCUT2D eigenvalue weighted by Crippen LogP contribution is 2.42. The van der Waals surface area contributed by atoms with E-state index in [0.29, 0.717) is 35.9 Å². The van der Waals surface area contributed by atoms with Gasteiger partial charge in [0.1, 0.15) is 11.4 Å². The number of hydrogen-bond donors (Lipinski definition) is 3. The van der Waals surface area contributed by atoms with E-state index in [0.717, 1.165) is 24.5 Å². The zero-order valence-corrected chi connectivity index (χ0v) is 22.9. The van der Waals surface area contributed by atoms with Crippen LogP contribution >= 0.6 is 0 Å². The van der Waals surface area contributed by atoms with Crippen LogP contribution in [-0.4, -0.2) is 74.3 Å². The SMILES string of the molecule is COCCNC(=O)c1cnc(Nc2ccc(N3CCC4(CCN(C)CC4)CC3)cc2)nc1Nc1ccccc1. The summed E-state index contributed by atoms with van der Waals surface area (Å²) in [7, 11) is 3.83. The molecule has 0 saturated carbocycles. The number of benzene rings is 2. The Morgan fingerprint density at radius 1 is 0.923 bits per heavy atom. The van der Waals surface area contributed by atoms with Gasteiger partial charge in [-0.05, 0) is 87.6 Å². The molecule has 0 unspecified atom stereocenters. The van der Waals surface area contributed by atoms with E-state index < -0.39 is 0 Å². The molecule has 206 valence electrons. The summed E-state index contributed by atoms with van der Waals surface area (Å²) < 4.78 is 5.04. The number of carbonyl (C=O) groups is 1. The summed E-state index contributed by atoms with van der Waals surface area (Å²) in [4.78, 5) is 26.8. The van der Waals surface area contributed by atoms with Crippen molar-refractivity contribution in [3.63, 3.8) is 0 Å². The fraction of sp³-hybridized carbons (Fsp3) is 0.433. The van der Waals surface area contributed by atoms with Gasteiger partial charge < -0.3 is 30.5 Å². The van der Waals surface area contributed by atoms with Crippen molar-refractivity contribution in [3.8, 4) is 0 Å². The lowest BCUT2D eigenvalue weighted by Crippen LogP contribution is -2.46. The highest BCUT2D eigenvalue weighted by Gasteiger charge is 2.36. The largest absolute Gasteiger partial charge is 0.383 e. The number of anilines is 5. The molecule has 5 rings (SSSR count). The normalized spacial score (nSPS) is 17.1. The van der Waals surface area contributed by atoms with E-state index in [1.165, 1.54) is 44.5 Å². The average Bonchev–Trinajstić information content (AvgIpc) is 2.96. The molecular formula is C30H39N7O2. The monoisotopic (exact) mass is 529 g/mol. The van der Waals surface area contributed by atoms with Gasteiger partial charge in [-0.1, -0.05) is 18.2 Å². The van der Waals surface area contributed by atoms with Gasteiger partial charge in [0.25, 0.3) is 5.91 Å². The van der Waals surface area contributed by atoms with Crippen molar-refractivity contribution < 1.29 is 9.53 Å². The first kappa shape index (κ1) is 26.9. The Balaban J connectivity index is 1.25. The number of nitrogens with one attached hydrogen (secondary N) is 3. The van der Waals surface area contributed by atoms with E-state index in [9.17, 15) is 4.79 Å². The van der Waals surface area contributed by atoms with E-state index in [2.05, 4.69) is 67.0 Å². The van der Waals surface area contributed by atoms with Crippen LogP contribution in [0, 0.1) is 5.41 Å². The first-order valence-electron chi connectivity index (χ1n) is 13.8. The maximum Gasteiger partial charge on any atom is 0.256 e. The minimum atomic E-state index is -0.259. The van der Waals surface area contributed by atoms with Gasteiger partial charge in [-0.3, -0.25) is 4.79 Å². The molecule has 9 heteroatoms. The molecule has 0 atom stereocenters. The van der Waals surface area contributed by atoms with Crippen LogP contribution in [0.4, 0.5) is 28.8 Å². The van der Waals surface area contributed by atoms with Crippen molar-refractivity contribution in [1.29, 1.82) is 0 Å². The van der Waals surface area contributed by atoms with Gasteiger partial charge in [0.15, 0.2) is 0 Å². The number of ether oxygens (including phenoxy) is 1. The van der Waals surface area contributed by atoms with Crippen molar-refractivity contribution >= 4 is 34.7 Å². The Bertz CT molecular complexity index is 1220. The molecule has 0 aliphatic carbocycles. The fourth-order valence-corrected chi connectivity index (χ4v) is 5.44. The van der Waals surface area contributed by atoms with E-state index in [1.807, 2.05) is 30.3 Å². The highest BCUT2D eigenvalue weighted by atomic mass is 16.5. The van der Waals surface area contributed by atoms with Crippen molar-refractivity contribution in [2.45, 2.75) is 25.7 Å². The number of likely N-dealkylation sites (tertiary alicyclic amines) is 1. The summed E-state index contributed by atoms with van der Waals surface area (Å²) in [6.45, 7) is 5.51. The van der Waals surface area contributed by atoms with E-state index in [1.54, 1.807) is 13.3 Å². The molecule has 39 heavy (non-hydrogen) atoms. The molecule has 2 saturated heterocycles. The summed E-state index contributed by atoms with van der Waals surface area (Å²) in [6.07, 6.45) is 6.75. The van der Waals surface area contributed by atoms with E-state index >= 15 is 0 Å². The van der Waals surface area contributed by atoms with Crippen LogP contribution in [0.3, 0.4) is 0 Å². The van der Waals surface area contributed by atoms with Crippen molar-refractivity contribution in [2.24, 2.45) is 5.41 Å². The van der Waals surface area contributed by atoms with Gasteiger partial charge in [-0.15, -0.1) is 0 Å². The van der Waals surface area contributed by atoms with Gasteiger partial charge in [0.05, 0.1) is 6.61 Å². The van der Waals surface area contributed by atoms with Crippen LogP contribution in [0.1, 0.15) is 36.0 Å². The van der Waals surface area contributed by atoms with Crippen LogP contribution in [0.25, 0.3) is 0 Å². The van der Waals surface area contributed by atoms with Crippen molar-refractivity contribution in [2.75, 3.05) is 69.0 Å². The topological polar surface area (TPSA) is 94.6 Å². The third-order valence-electron chi connectivity index (χ3n) is 8.02. The summed E-state index contributed by atoms with van der Waals surface area (Å²) in [6, 6.07) is 18.1. The minimum absolute atomic E-state index is 0.259. The predicted molar refractivity (Wildman–Crippen MR) is 156 cm³/mol. The van der Waals surface area contributed by atoms with Crippen LogP contribution in [-0.2, 0) is 4.74 Å². The molecule has 2 aliphatic heterocycles. The Kier molecular flexibility index (Phi) is 8.58. The number of rotatable bonds is 9. The van der Waals surface area contributed by atoms with Gasteiger partial charge in [-0.25, -0.2) is 4.98 Å². The zero-order chi connectivity index (χ0) is 27.1. The number of para-hydroxylation sites is 1. The smallest absolute Gasteiger partial charge is 0.256 e. The lowest BCUT2D eigenvalue weighted by molar-refractivity contribution is 0.0937. The number of amides is 1. The number of methoxy groups -OCH3 is 1. The fourth-order valence-electron chi connectivity index (χ4n) is 5.44. The second-order valence-electron chi connectivity index (χ2n) is 10.7. The summed E-state index contributed by atoms with van der Waals surface area (Å²) in [5.41, 5.74) is 3.88. The van der Waals surface area contributed by atoms with Crippen LogP contribution in [0.15, 0.2) is 60.8 Å². The van der Waals surface area contributed by atoms with Crippen LogP contribution < -0.4 is 20.9 Å². The summed E-state index contributed by atoms with van der Waals surface area (Å²) in [5.74, 6) is 0.586. The quantitative estimate of drug-likeness (QED) is 0.345. The molecule has 1 spiro atoms. The van der Waals surface area contributed by atoms with E-state index in [4.69, 9.17) is 4.74 Å². The third kappa shape index (κ3) is 6.85. The lowest BCUT2D eigenvalue weighted by atomic mass is 9.71. The van der Waals surface area contributed by atoms with Gasteiger partial charge in [0.2, 0.25) is 5.95 Å². The third-order valence-corrected chi connectivity index (χ3v) is 8.02. The standard InChI is InChI=1S/C30H39N7O2/c1-36-17-12-30(13-18-36)14-19-37(20-15-30)25-10-8-24(9-11-25)34-29-32-22-26(28(38)31-16-21-39-2)27(35-29)33-23-6-4-3-5-7-23/h3-11,22H,12-21H2,1-2H3,(H,31,38)(H2,32,33,34,35). The van der Waals surface area contributed by atoms with Crippen molar-refractivity contribution in [1.82, 2.24) is 20.2 Å². The molecule has 2 aliphatic rings. The second-order valence-corrected chi connectivity index (χ2v) is 10.7. The van der Waals surface area contributed by atoms with Gasteiger partial charge >= 0.3 is 0 Å². The second kappa shape index (κ2) is 12.4. The number of carbonyl (C=O) groups excluding carboxylic acids is 1. The molecule has 0 bridgehead atoms. The number of piperidine rings is 2. The summed E-state index contributed by atoms with van der Waals surface area (Å²) in [5, 5.41) is 9.39. The Labute approximate surface area is 231 Å². The predicted octanol–water partition coefficient (Wildman–Crippen LogP) is 4.65. The van der Waals surface area contributed by atoms with E-state index in [-0.39, 0.29) is 5.91 Å². The molecule has 3 heterocycles. The first-order valence-corrected chi connectivity index (χ1v) is 13.8. The number of aromatic nitrogens is 2. The van der Waals surface area contributed by atoms with Gasteiger partial charge in [0, 0.05) is 50.0 Å². The molecule has 1 aromatic heterocycles. The maximum atomic E-state index is 12.8.